The average Bonchev–Trinajstić information content (AvgIpc) is 3.03. The Balaban J connectivity index is 1.92. The van der Waals surface area contributed by atoms with Crippen molar-refractivity contribution in [3.63, 3.8) is 0 Å². The number of aliphatic hydroxyl groups excluding tert-OH is 1. The molecule has 1 aromatic heterocycles. The quantitative estimate of drug-likeness (QED) is 0.479. The fraction of sp³-hybridized carbons (Fsp3) is 0.273. The fourth-order valence-electron chi connectivity index (χ4n) is 3.92. The van der Waals surface area contributed by atoms with Crippen LogP contribution < -0.4 is 4.74 Å². The second-order valence-electron chi connectivity index (χ2n) is 7.39. The molecule has 0 saturated heterocycles. The molecule has 2 N–H and O–H groups in total. The summed E-state index contributed by atoms with van der Waals surface area (Å²) in [5.74, 6) is 0.778. The lowest BCUT2D eigenvalue weighted by Crippen LogP contribution is -2.26. The van der Waals surface area contributed by atoms with E-state index in [2.05, 4.69) is 53.5 Å². The number of hydrogen-bond donors (Lipinski definition) is 2. The van der Waals surface area contributed by atoms with Crippen LogP contribution in [0.3, 0.4) is 0 Å². The van der Waals surface area contributed by atoms with E-state index in [9.17, 15) is 0 Å². The number of nitrogens with one attached hydrogen (secondary N) is 1. The zero-order chi connectivity index (χ0) is 19.3. The summed E-state index contributed by atoms with van der Waals surface area (Å²) in [6, 6.07) is 10.1. The number of benzene rings is 2. The number of fused-ring (bicyclic) bond motifs is 4. The Kier molecular flexibility index (Phi) is 4.61. The first-order chi connectivity index (χ1) is 12.9. The van der Waals surface area contributed by atoms with Gasteiger partial charge in [0.05, 0.1) is 16.1 Å². The smallest absolute Gasteiger partial charge is 0.133 e. The lowest BCUT2D eigenvalue weighted by Gasteiger charge is -2.34. The predicted molar refractivity (Wildman–Crippen MR) is 115 cm³/mol. The molecule has 0 saturated carbocycles. The molecule has 0 fully saturated rings. The first-order valence-corrected chi connectivity index (χ1v) is 10.1. The molecule has 27 heavy (non-hydrogen) atoms. The van der Waals surface area contributed by atoms with Crippen molar-refractivity contribution in [3.05, 3.63) is 68.8 Å². The van der Waals surface area contributed by atoms with E-state index >= 15 is 0 Å². The number of aromatic nitrogens is 1. The molecular weight excluding hydrogens is 426 g/mol. The average molecular weight is 447 g/mol. The van der Waals surface area contributed by atoms with Crippen LogP contribution in [0.4, 0.5) is 0 Å². The van der Waals surface area contributed by atoms with Crippen LogP contribution in [0.1, 0.15) is 42.7 Å². The third-order valence-electron chi connectivity index (χ3n) is 5.33. The van der Waals surface area contributed by atoms with E-state index in [4.69, 9.17) is 21.4 Å². The first-order valence-electron chi connectivity index (χ1n) is 8.94. The molecule has 0 radical (unpaired) electrons. The summed E-state index contributed by atoms with van der Waals surface area (Å²) in [6.07, 6.45) is 0.601. The van der Waals surface area contributed by atoms with E-state index in [1.54, 1.807) is 0 Å². The minimum Gasteiger partial charge on any atom is -0.492 e. The monoisotopic (exact) mass is 445 g/mol. The van der Waals surface area contributed by atoms with Crippen LogP contribution >= 0.6 is 27.5 Å². The van der Waals surface area contributed by atoms with Gasteiger partial charge in [0, 0.05) is 40.6 Å². The van der Waals surface area contributed by atoms with E-state index in [0.29, 0.717) is 13.0 Å². The van der Waals surface area contributed by atoms with Crippen molar-refractivity contribution >= 4 is 44.0 Å². The SMILES string of the molecule is C=C1c2cc(Br)c(OCCCO)cc2C(C)(C)c2[nH]c3cccc(Cl)c3c21. The summed E-state index contributed by atoms with van der Waals surface area (Å²) in [4.78, 5) is 3.57. The van der Waals surface area contributed by atoms with Gasteiger partial charge in [0.25, 0.3) is 0 Å². The van der Waals surface area contributed by atoms with Crippen LogP contribution in [0, 0.1) is 0 Å². The van der Waals surface area contributed by atoms with Crippen molar-refractivity contribution in [1.29, 1.82) is 0 Å². The lowest BCUT2D eigenvalue weighted by molar-refractivity contribution is 0.232. The van der Waals surface area contributed by atoms with E-state index in [1.807, 2.05) is 18.2 Å². The molecule has 0 spiro atoms. The zero-order valence-corrected chi connectivity index (χ0v) is 17.7. The number of H-pyrrole nitrogens is 1. The van der Waals surface area contributed by atoms with Crippen LogP contribution in [-0.4, -0.2) is 23.3 Å². The normalized spacial score (nSPS) is 14.9. The molecule has 140 valence electrons. The highest BCUT2D eigenvalue weighted by Gasteiger charge is 2.38. The number of hydrogen-bond acceptors (Lipinski definition) is 2. The Morgan fingerprint density at radius 3 is 2.81 bits per heavy atom. The van der Waals surface area contributed by atoms with Crippen LogP contribution in [0.2, 0.25) is 5.02 Å². The molecular formula is C22H21BrClNO2. The molecule has 5 heteroatoms. The van der Waals surface area contributed by atoms with Gasteiger partial charge >= 0.3 is 0 Å². The number of aromatic amines is 1. The Morgan fingerprint density at radius 1 is 1.30 bits per heavy atom. The molecule has 0 unspecified atom stereocenters. The standard InChI is InChI=1S/C22H21BrClNO2/c1-12-13-10-15(23)18(27-9-5-8-26)11-14(13)22(2,3)21-19(12)20-16(24)6-4-7-17(20)25-21/h4,6-7,10-11,25-26H,1,5,8-9H2,2-3H3. The molecule has 4 rings (SSSR count). The molecule has 2 aromatic carbocycles. The molecule has 0 amide bonds. The number of ether oxygens (including phenoxy) is 1. The van der Waals surface area contributed by atoms with Crippen molar-refractivity contribution in [2.75, 3.05) is 13.2 Å². The van der Waals surface area contributed by atoms with Gasteiger partial charge in [-0.15, -0.1) is 0 Å². The summed E-state index contributed by atoms with van der Waals surface area (Å²) in [7, 11) is 0. The van der Waals surface area contributed by atoms with Crippen LogP contribution in [0.5, 0.6) is 5.75 Å². The van der Waals surface area contributed by atoms with Crippen LogP contribution in [0.25, 0.3) is 16.5 Å². The van der Waals surface area contributed by atoms with Crippen molar-refractivity contribution in [2.45, 2.75) is 25.7 Å². The van der Waals surface area contributed by atoms with Crippen molar-refractivity contribution in [1.82, 2.24) is 4.98 Å². The van der Waals surface area contributed by atoms with Gasteiger partial charge in [0.2, 0.25) is 0 Å². The van der Waals surface area contributed by atoms with E-state index in [1.165, 1.54) is 0 Å². The second-order valence-corrected chi connectivity index (χ2v) is 8.66. The maximum Gasteiger partial charge on any atom is 0.133 e. The molecule has 1 heterocycles. The minimum absolute atomic E-state index is 0.115. The highest BCUT2D eigenvalue weighted by Crippen LogP contribution is 2.51. The molecule has 3 nitrogen and oxygen atoms in total. The number of aliphatic hydroxyl groups is 1. The maximum atomic E-state index is 9.01. The predicted octanol–water partition coefficient (Wildman–Crippen LogP) is 6.05. The lowest BCUT2D eigenvalue weighted by atomic mass is 9.70. The van der Waals surface area contributed by atoms with E-state index in [0.717, 1.165) is 54.1 Å². The summed E-state index contributed by atoms with van der Waals surface area (Å²) in [5, 5.41) is 10.8. The van der Waals surface area contributed by atoms with Gasteiger partial charge in [-0.25, -0.2) is 0 Å². The molecule has 3 aromatic rings. The molecule has 1 aliphatic rings. The van der Waals surface area contributed by atoms with Gasteiger partial charge < -0.3 is 14.8 Å². The third kappa shape index (κ3) is 2.82. The fourth-order valence-corrected chi connectivity index (χ4v) is 4.65. The highest BCUT2D eigenvalue weighted by molar-refractivity contribution is 9.10. The molecule has 0 atom stereocenters. The Morgan fingerprint density at radius 2 is 2.07 bits per heavy atom. The Bertz CT molecular complexity index is 1070. The van der Waals surface area contributed by atoms with E-state index in [-0.39, 0.29) is 12.0 Å². The van der Waals surface area contributed by atoms with Gasteiger partial charge in [-0.2, -0.15) is 0 Å². The molecule has 0 bridgehead atoms. The largest absolute Gasteiger partial charge is 0.492 e. The number of halogens is 2. The van der Waals surface area contributed by atoms with Gasteiger partial charge in [0.15, 0.2) is 0 Å². The van der Waals surface area contributed by atoms with Crippen molar-refractivity contribution in [3.8, 4) is 5.75 Å². The molecule has 0 aliphatic heterocycles. The third-order valence-corrected chi connectivity index (χ3v) is 6.27. The van der Waals surface area contributed by atoms with E-state index < -0.39 is 0 Å². The summed E-state index contributed by atoms with van der Waals surface area (Å²) in [5.41, 5.74) is 6.18. The van der Waals surface area contributed by atoms with Crippen LogP contribution in [0.15, 0.2) is 41.4 Å². The van der Waals surface area contributed by atoms with Gasteiger partial charge in [0.1, 0.15) is 5.75 Å². The Labute approximate surface area is 172 Å². The summed E-state index contributed by atoms with van der Waals surface area (Å²) >= 11 is 10.2. The zero-order valence-electron chi connectivity index (χ0n) is 15.3. The van der Waals surface area contributed by atoms with Crippen LogP contribution in [-0.2, 0) is 5.41 Å². The molecule has 1 aliphatic carbocycles. The minimum atomic E-state index is -0.260. The van der Waals surface area contributed by atoms with Crippen molar-refractivity contribution in [2.24, 2.45) is 0 Å². The topological polar surface area (TPSA) is 45.2 Å². The van der Waals surface area contributed by atoms with Gasteiger partial charge in [-0.3, -0.25) is 0 Å². The maximum absolute atomic E-state index is 9.01. The summed E-state index contributed by atoms with van der Waals surface area (Å²) < 4.78 is 6.75. The first kappa shape index (κ1) is 18.6. The second kappa shape index (κ2) is 6.69. The summed E-state index contributed by atoms with van der Waals surface area (Å²) in [6.45, 7) is 9.39. The number of rotatable bonds is 4. The Hall–Kier alpha value is -1.75. The highest BCUT2D eigenvalue weighted by atomic mass is 79.9. The van der Waals surface area contributed by atoms with Crippen molar-refractivity contribution < 1.29 is 9.84 Å². The van der Waals surface area contributed by atoms with Gasteiger partial charge in [-0.1, -0.05) is 38.1 Å². The van der Waals surface area contributed by atoms with Gasteiger partial charge in [-0.05, 0) is 56.9 Å².